The van der Waals surface area contributed by atoms with E-state index in [0.29, 0.717) is 0 Å². The number of nitrogens with two attached hydrogens (primary N) is 1. The topological polar surface area (TPSA) is 224 Å². The lowest BCUT2D eigenvalue weighted by Gasteiger charge is -2.23. The summed E-state index contributed by atoms with van der Waals surface area (Å²) < 4.78 is 19.5. The molecule has 4 rings (SSSR count). The van der Waals surface area contributed by atoms with Gasteiger partial charge in [-0.2, -0.15) is 0 Å². The molecule has 0 bridgehead atoms. The van der Waals surface area contributed by atoms with Crippen LogP contribution in [0.4, 0.5) is 0 Å². The van der Waals surface area contributed by atoms with Gasteiger partial charge in [-0.25, -0.2) is 15.9 Å². The van der Waals surface area contributed by atoms with Gasteiger partial charge in [0, 0.05) is 0 Å². The average molecular weight is 458 g/mol. The molecule has 15 heteroatoms. The van der Waals surface area contributed by atoms with E-state index in [4.69, 9.17) is 25.5 Å². The lowest BCUT2D eigenvalue weighted by Crippen LogP contribution is -2.38. The van der Waals surface area contributed by atoms with E-state index >= 15 is 0 Å². The van der Waals surface area contributed by atoms with Gasteiger partial charge in [-0.15, -0.1) is 0 Å². The smallest absolute Gasteiger partial charge is 0.167 e. The van der Waals surface area contributed by atoms with Crippen LogP contribution in [-0.4, -0.2) is 108 Å². The van der Waals surface area contributed by atoms with E-state index in [2.05, 4.69) is 14.8 Å². The molecule has 0 unspecified atom stereocenters. The Labute approximate surface area is 180 Å². The zero-order chi connectivity index (χ0) is 23.0. The van der Waals surface area contributed by atoms with Gasteiger partial charge in [0.05, 0.1) is 32.8 Å². The van der Waals surface area contributed by atoms with E-state index in [0.717, 1.165) is 0 Å². The fourth-order valence-electron chi connectivity index (χ4n) is 3.94. The highest BCUT2D eigenvalue weighted by Gasteiger charge is 2.46. The number of aliphatic hydroxyl groups is 5. The van der Waals surface area contributed by atoms with Crippen molar-refractivity contribution in [1.82, 2.24) is 19.1 Å². The summed E-state index contributed by atoms with van der Waals surface area (Å²) in [6.45, 7) is -0.847. The monoisotopic (exact) mass is 458 g/mol. The Morgan fingerprint density at radius 3 is 2.25 bits per heavy atom. The third-order valence-electron chi connectivity index (χ3n) is 5.62. The molecule has 32 heavy (non-hydrogen) atoms. The van der Waals surface area contributed by atoms with Gasteiger partial charge in [-0.1, -0.05) is 0 Å². The fourth-order valence-corrected chi connectivity index (χ4v) is 3.94. The summed E-state index contributed by atoms with van der Waals surface area (Å²) >= 11 is 0. The lowest BCUT2D eigenvalue weighted by atomic mass is 10.1. The molecule has 8 N–H and O–H groups in total. The van der Waals surface area contributed by atoms with Gasteiger partial charge in [0.2, 0.25) is 0 Å². The normalized spacial score (nSPS) is 35.2. The van der Waals surface area contributed by atoms with Crippen molar-refractivity contribution in [3.63, 3.8) is 0 Å². The number of aromatic nitrogens is 4. The number of hydrogen-bond acceptors (Lipinski definition) is 13. The van der Waals surface area contributed by atoms with Crippen molar-refractivity contribution in [2.24, 2.45) is 5.90 Å². The van der Waals surface area contributed by atoms with E-state index < -0.39 is 62.3 Å². The Morgan fingerprint density at radius 1 is 0.938 bits per heavy atom. The summed E-state index contributed by atoms with van der Waals surface area (Å²) in [6, 6.07) is 0. The van der Waals surface area contributed by atoms with Gasteiger partial charge in [0.25, 0.3) is 0 Å². The first kappa shape index (κ1) is 23.1. The molecule has 0 aliphatic carbocycles. The van der Waals surface area contributed by atoms with Gasteiger partial charge < -0.3 is 44.6 Å². The number of imidazole rings is 1. The molecular formula is C17H26N6O9. The highest BCUT2D eigenvalue weighted by atomic mass is 16.6. The summed E-state index contributed by atoms with van der Waals surface area (Å²) in [5.41, 5.74) is 0.173. The standard InChI is InChI=1S/C17H26N6O9/c18-14-9-15(23(5-20-9)16-12(28)10(26)7(3-24)31-16)21-6-22(14)17-13(29-1-2-30-19)11(27)8(4-25)32-17/h5-8,10-13,16-18,24-28H,1-4,19H2/t7-,8-,10-,11-,12-,13-,16-,17-/m1/s1. The molecule has 8 atom stereocenters. The second-order valence-electron chi connectivity index (χ2n) is 7.50. The van der Waals surface area contributed by atoms with Crippen LogP contribution in [0.15, 0.2) is 12.7 Å². The molecule has 2 fully saturated rings. The van der Waals surface area contributed by atoms with Crippen molar-refractivity contribution in [2.45, 2.75) is 49.1 Å². The maximum atomic E-state index is 10.4. The largest absolute Gasteiger partial charge is 0.394 e. The highest BCUT2D eigenvalue weighted by Crippen LogP contribution is 2.32. The zero-order valence-corrected chi connectivity index (χ0v) is 16.8. The second-order valence-corrected chi connectivity index (χ2v) is 7.50. The summed E-state index contributed by atoms with van der Waals surface area (Å²) in [5, 5.41) is 58.1. The summed E-state index contributed by atoms with van der Waals surface area (Å²) in [4.78, 5) is 12.9. The number of ether oxygens (including phenoxy) is 3. The van der Waals surface area contributed by atoms with Crippen LogP contribution in [0.3, 0.4) is 0 Å². The van der Waals surface area contributed by atoms with Crippen LogP contribution in [0.5, 0.6) is 0 Å². The molecule has 2 saturated heterocycles. The minimum absolute atomic E-state index is 0.0414. The Kier molecular flexibility index (Phi) is 6.82. The Morgan fingerprint density at radius 2 is 1.59 bits per heavy atom. The minimum atomic E-state index is -1.34. The van der Waals surface area contributed by atoms with E-state index in [9.17, 15) is 25.5 Å². The van der Waals surface area contributed by atoms with E-state index in [1.165, 1.54) is 21.8 Å². The van der Waals surface area contributed by atoms with Gasteiger partial charge in [0.1, 0.15) is 43.0 Å². The van der Waals surface area contributed by atoms with Crippen molar-refractivity contribution in [1.29, 1.82) is 5.41 Å². The van der Waals surface area contributed by atoms with Gasteiger partial charge >= 0.3 is 0 Å². The zero-order valence-electron chi connectivity index (χ0n) is 16.8. The van der Waals surface area contributed by atoms with Crippen LogP contribution >= 0.6 is 0 Å². The van der Waals surface area contributed by atoms with Crippen molar-refractivity contribution >= 4 is 11.2 Å². The number of fused-ring (bicyclic) bond motifs is 1. The first-order valence-corrected chi connectivity index (χ1v) is 9.91. The Bertz CT molecular complexity index is 985. The fraction of sp³-hybridized carbons (Fsp3) is 0.706. The molecule has 0 aromatic carbocycles. The SMILES string of the molecule is N=c1c2ncn([C@@H]3O[C@H](CO)[C@@H](O)[C@H]3O)c2ncn1[C@@H]1O[C@H](CO)[C@@H](O)[C@H]1OCCON. The van der Waals surface area contributed by atoms with Gasteiger partial charge in [0.15, 0.2) is 29.1 Å². The third-order valence-corrected chi connectivity index (χ3v) is 5.62. The molecule has 2 aliphatic heterocycles. The Hall–Kier alpha value is -2.05. The third kappa shape index (κ3) is 3.81. The average Bonchev–Trinajstić information content (AvgIpc) is 3.44. The molecule has 2 aliphatic rings. The molecule has 0 amide bonds. The van der Waals surface area contributed by atoms with Crippen LogP contribution in [0.2, 0.25) is 0 Å². The highest BCUT2D eigenvalue weighted by molar-refractivity contribution is 5.68. The summed E-state index contributed by atoms with van der Waals surface area (Å²) in [7, 11) is 0. The van der Waals surface area contributed by atoms with E-state index in [-0.39, 0.29) is 29.9 Å². The molecule has 0 radical (unpaired) electrons. The maximum Gasteiger partial charge on any atom is 0.167 e. The predicted octanol–water partition coefficient (Wildman–Crippen LogP) is -4.15. The molecular weight excluding hydrogens is 432 g/mol. The molecule has 2 aromatic rings. The molecule has 0 spiro atoms. The number of rotatable bonds is 8. The van der Waals surface area contributed by atoms with Crippen molar-refractivity contribution in [2.75, 3.05) is 26.4 Å². The van der Waals surface area contributed by atoms with Gasteiger partial charge in [-0.05, 0) is 0 Å². The van der Waals surface area contributed by atoms with Crippen LogP contribution in [-0.2, 0) is 19.0 Å². The number of aliphatic hydroxyl groups excluding tert-OH is 5. The first-order chi connectivity index (χ1) is 15.4. The van der Waals surface area contributed by atoms with Crippen molar-refractivity contribution < 1.29 is 44.6 Å². The number of nitrogens with one attached hydrogen (secondary N) is 1. The van der Waals surface area contributed by atoms with Crippen LogP contribution < -0.4 is 11.4 Å². The van der Waals surface area contributed by atoms with Crippen LogP contribution in [0, 0.1) is 5.41 Å². The number of hydrogen-bond donors (Lipinski definition) is 7. The second kappa shape index (κ2) is 9.44. The molecule has 178 valence electrons. The maximum absolute atomic E-state index is 10.4. The summed E-state index contributed by atoms with van der Waals surface area (Å²) in [6.07, 6.45) is -6.17. The van der Waals surface area contributed by atoms with Crippen LogP contribution in [0.1, 0.15) is 12.5 Å². The van der Waals surface area contributed by atoms with Crippen LogP contribution in [0.25, 0.3) is 11.2 Å². The van der Waals surface area contributed by atoms with E-state index in [1.54, 1.807) is 0 Å². The molecule has 0 saturated carbocycles. The van der Waals surface area contributed by atoms with Crippen molar-refractivity contribution in [3.05, 3.63) is 18.1 Å². The predicted molar refractivity (Wildman–Crippen MR) is 101 cm³/mol. The molecule has 4 heterocycles. The number of nitrogens with zero attached hydrogens (tertiary/aromatic N) is 4. The molecule has 2 aromatic heterocycles. The van der Waals surface area contributed by atoms with E-state index in [1.807, 2.05) is 0 Å². The first-order valence-electron chi connectivity index (χ1n) is 9.91. The van der Waals surface area contributed by atoms with Gasteiger partial charge in [-0.3, -0.25) is 14.5 Å². The lowest BCUT2D eigenvalue weighted by molar-refractivity contribution is -0.0847. The quantitative estimate of drug-likeness (QED) is 0.148. The summed E-state index contributed by atoms with van der Waals surface area (Å²) in [5.74, 6) is 5.00. The minimum Gasteiger partial charge on any atom is -0.394 e. The molecule has 15 nitrogen and oxygen atoms in total. The van der Waals surface area contributed by atoms with Crippen molar-refractivity contribution in [3.8, 4) is 0 Å². The Balaban J connectivity index is 1.66.